The van der Waals surface area contributed by atoms with E-state index >= 15 is 0 Å². The largest absolute Gasteiger partial charge is 0.496 e. The third-order valence-corrected chi connectivity index (χ3v) is 5.82. The number of carbonyl (C=O) groups is 2. The molecular weight excluding hydrogens is 412 g/mol. The molecule has 0 aliphatic heterocycles. The first kappa shape index (κ1) is 22.4. The number of hydrogen-bond donors (Lipinski definition) is 2. The zero-order valence-electron chi connectivity index (χ0n) is 18.0. The van der Waals surface area contributed by atoms with Gasteiger partial charge < -0.3 is 15.4 Å². The third kappa shape index (κ3) is 5.46. The molecule has 3 rings (SSSR count). The lowest BCUT2D eigenvalue weighted by Crippen LogP contribution is -2.50. The van der Waals surface area contributed by atoms with E-state index in [2.05, 4.69) is 20.6 Å². The minimum atomic E-state index is -0.697. The van der Waals surface area contributed by atoms with E-state index in [1.807, 2.05) is 38.3 Å². The van der Waals surface area contributed by atoms with Crippen LogP contribution in [0.5, 0.6) is 5.75 Å². The summed E-state index contributed by atoms with van der Waals surface area (Å²) in [7, 11) is 1.51. The summed E-state index contributed by atoms with van der Waals surface area (Å²) in [5.74, 6) is -0.258. The van der Waals surface area contributed by atoms with E-state index in [1.165, 1.54) is 18.4 Å². The number of benzene rings is 1. The molecule has 2 unspecified atom stereocenters. The minimum Gasteiger partial charge on any atom is -0.496 e. The van der Waals surface area contributed by atoms with Crippen molar-refractivity contribution in [2.45, 2.75) is 32.9 Å². The first-order valence-electron chi connectivity index (χ1n) is 10.0. The predicted octanol–water partition coefficient (Wildman–Crippen LogP) is 3.85. The Hall–Kier alpha value is -3.26. The topological polar surface area (TPSA) is 93.2 Å². The van der Waals surface area contributed by atoms with Gasteiger partial charge in [0, 0.05) is 23.3 Å². The molecule has 2 heterocycles. The summed E-state index contributed by atoms with van der Waals surface area (Å²) in [6.45, 7) is 5.66. The molecule has 0 aliphatic carbocycles. The molecular formula is C23H26N4O3S. The van der Waals surface area contributed by atoms with E-state index in [-0.39, 0.29) is 23.8 Å². The van der Waals surface area contributed by atoms with Gasteiger partial charge in [0.2, 0.25) is 5.91 Å². The van der Waals surface area contributed by atoms with Crippen molar-refractivity contribution in [3.05, 3.63) is 64.7 Å². The zero-order valence-corrected chi connectivity index (χ0v) is 18.8. The lowest BCUT2D eigenvalue weighted by Gasteiger charge is -2.24. The molecule has 8 heteroatoms. The lowest BCUT2D eigenvalue weighted by atomic mass is 10.0. The molecule has 1 aromatic carbocycles. The lowest BCUT2D eigenvalue weighted by molar-refractivity contribution is -0.124. The predicted molar refractivity (Wildman–Crippen MR) is 121 cm³/mol. The quantitative estimate of drug-likeness (QED) is 0.557. The number of aromatic nitrogens is 2. The Morgan fingerprint density at radius 3 is 2.52 bits per heavy atom. The van der Waals surface area contributed by atoms with Crippen LogP contribution in [0.4, 0.5) is 0 Å². The molecule has 2 atom stereocenters. The minimum absolute atomic E-state index is 0.104. The van der Waals surface area contributed by atoms with Crippen molar-refractivity contribution in [3.63, 3.8) is 0 Å². The molecule has 7 nitrogen and oxygen atoms in total. The maximum Gasteiger partial charge on any atom is 0.255 e. The Bertz CT molecular complexity index is 1040. The Kier molecular flexibility index (Phi) is 7.36. The Balaban J connectivity index is 1.69. The SMILES string of the molecule is COc1ccccc1C(=O)NC(C(=O)NC(C)c1nc(-c2cccnc2)cs1)C(C)C. The number of nitrogens with one attached hydrogen (secondary N) is 2. The van der Waals surface area contributed by atoms with Gasteiger partial charge in [-0.1, -0.05) is 26.0 Å². The van der Waals surface area contributed by atoms with Gasteiger partial charge in [0.25, 0.3) is 5.91 Å². The van der Waals surface area contributed by atoms with Crippen molar-refractivity contribution in [2.24, 2.45) is 5.92 Å². The molecule has 3 aromatic rings. The summed E-state index contributed by atoms with van der Waals surface area (Å²) in [4.78, 5) is 34.5. The smallest absolute Gasteiger partial charge is 0.255 e. The molecule has 0 bridgehead atoms. The van der Waals surface area contributed by atoms with E-state index < -0.39 is 6.04 Å². The molecule has 0 spiro atoms. The van der Waals surface area contributed by atoms with Gasteiger partial charge in [0.15, 0.2) is 0 Å². The van der Waals surface area contributed by atoms with Gasteiger partial charge in [-0.25, -0.2) is 4.98 Å². The number of thiazole rings is 1. The van der Waals surface area contributed by atoms with E-state index in [0.717, 1.165) is 16.3 Å². The number of hydrogen-bond acceptors (Lipinski definition) is 6. The average molecular weight is 439 g/mol. The van der Waals surface area contributed by atoms with Gasteiger partial charge in [-0.3, -0.25) is 14.6 Å². The van der Waals surface area contributed by atoms with E-state index in [1.54, 1.807) is 36.7 Å². The maximum atomic E-state index is 13.0. The maximum absolute atomic E-state index is 13.0. The Morgan fingerprint density at radius 2 is 1.84 bits per heavy atom. The summed E-state index contributed by atoms with van der Waals surface area (Å²) in [5.41, 5.74) is 2.13. The normalized spacial score (nSPS) is 12.8. The van der Waals surface area contributed by atoms with Crippen LogP contribution in [0.1, 0.15) is 42.2 Å². The molecule has 2 N–H and O–H groups in total. The van der Waals surface area contributed by atoms with Crippen LogP contribution in [0.2, 0.25) is 0 Å². The Labute approximate surface area is 185 Å². The first-order valence-corrected chi connectivity index (χ1v) is 10.9. The molecule has 0 aliphatic rings. The summed E-state index contributed by atoms with van der Waals surface area (Å²) < 4.78 is 5.26. The number of nitrogens with zero attached hydrogens (tertiary/aromatic N) is 2. The third-order valence-electron chi connectivity index (χ3n) is 4.80. The van der Waals surface area contributed by atoms with Crippen LogP contribution in [0.3, 0.4) is 0 Å². The van der Waals surface area contributed by atoms with Crippen LogP contribution in [-0.4, -0.2) is 34.9 Å². The van der Waals surface area contributed by atoms with Crippen LogP contribution < -0.4 is 15.4 Å². The molecule has 0 radical (unpaired) electrons. The zero-order chi connectivity index (χ0) is 22.4. The number of ether oxygens (including phenoxy) is 1. The molecule has 0 saturated carbocycles. The highest BCUT2D eigenvalue weighted by Crippen LogP contribution is 2.25. The van der Waals surface area contributed by atoms with Gasteiger partial charge in [0.05, 0.1) is 24.4 Å². The first-order chi connectivity index (χ1) is 14.9. The van der Waals surface area contributed by atoms with E-state index in [9.17, 15) is 9.59 Å². The highest BCUT2D eigenvalue weighted by atomic mass is 32.1. The number of methoxy groups -OCH3 is 1. The molecule has 0 fully saturated rings. The molecule has 162 valence electrons. The van der Waals surface area contributed by atoms with E-state index in [4.69, 9.17) is 4.74 Å². The van der Waals surface area contributed by atoms with Crippen molar-refractivity contribution in [1.29, 1.82) is 0 Å². The molecule has 0 saturated heterocycles. The second-order valence-corrected chi connectivity index (χ2v) is 8.33. The fraction of sp³-hybridized carbons (Fsp3) is 0.304. The van der Waals surface area contributed by atoms with Gasteiger partial charge in [0.1, 0.15) is 16.8 Å². The van der Waals surface area contributed by atoms with Crippen LogP contribution in [0.15, 0.2) is 54.2 Å². The number of rotatable bonds is 8. The van der Waals surface area contributed by atoms with Gasteiger partial charge in [-0.05, 0) is 37.1 Å². The van der Waals surface area contributed by atoms with Crippen LogP contribution >= 0.6 is 11.3 Å². The molecule has 2 amide bonds. The van der Waals surface area contributed by atoms with Gasteiger partial charge in [-0.2, -0.15) is 0 Å². The molecule has 31 heavy (non-hydrogen) atoms. The fourth-order valence-electron chi connectivity index (χ4n) is 3.08. The van der Waals surface area contributed by atoms with Crippen molar-refractivity contribution in [1.82, 2.24) is 20.6 Å². The second kappa shape index (κ2) is 10.2. The van der Waals surface area contributed by atoms with Crippen molar-refractivity contribution in [3.8, 4) is 17.0 Å². The van der Waals surface area contributed by atoms with Crippen LogP contribution in [0, 0.1) is 5.92 Å². The summed E-state index contributed by atoms with van der Waals surface area (Å²) in [5, 5.41) is 8.54. The number of para-hydroxylation sites is 1. The van der Waals surface area contributed by atoms with Gasteiger partial charge >= 0.3 is 0 Å². The monoisotopic (exact) mass is 438 g/mol. The highest BCUT2D eigenvalue weighted by Gasteiger charge is 2.27. The van der Waals surface area contributed by atoms with Crippen molar-refractivity contribution in [2.75, 3.05) is 7.11 Å². The molecule has 2 aromatic heterocycles. The summed E-state index contributed by atoms with van der Waals surface area (Å²) >= 11 is 1.47. The summed E-state index contributed by atoms with van der Waals surface area (Å²) in [6, 6.07) is 9.73. The fourth-order valence-corrected chi connectivity index (χ4v) is 3.92. The van der Waals surface area contributed by atoms with Crippen molar-refractivity contribution >= 4 is 23.2 Å². The number of carbonyl (C=O) groups excluding carboxylic acids is 2. The standard InChI is InChI=1S/C23H26N4O3S/c1-14(2)20(27-21(28)17-9-5-6-10-19(17)30-4)22(29)25-15(3)23-26-18(13-31-23)16-8-7-11-24-12-16/h5-15,20H,1-4H3,(H,25,29)(H,27,28). The number of amides is 2. The number of pyridine rings is 1. The Morgan fingerprint density at radius 1 is 1.06 bits per heavy atom. The second-order valence-electron chi connectivity index (χ2n) is 7.44. The highest BCUT2D eigenvalue weighted by molar-refractivity contribution is 7.10. The van der Waals surface area contributed by atoms with Crippen LogP contribution in [-0.2, 0) is 4.79 Å². The average Bonchev–Trinajstić information content (AvgIpc) is 3.28. The summed E-state index contributed by atoms with van der Waals surface area (Å²) in [6.07, 6.45) is 3.47. The van der Waals surface area contributed by atoms with E-state index in [0.29, 0.717) is 11.3 Å². The van der Waals surface area contributed by atoms with Crippen LogP contribution in [0.25, 0.3) is 11.3 Å². The van der Waals surface area contributed by atoms with Gasteiger partial charge in [-0.15, -0.1) is 11.3 Å². The van der Waals surface area contributed by atoms with Crippen molar-refractivity contribution < 1.29 is 14.3 Å².